The second-order valence-electron chi connectivity index (χ2n) is 3.21. The summed E-state index contributed by atoms with van der Waals surface area (Å²) in [5, 5.41) is 3.01. The molecule has 5 nitrogen and oxygen atoms in total. The summed E-state index contributed by atoms with van der Waals surface area (Å²) in [5.41, 5.74) is 0.923. The Morgan fingerprint density at radius 3 is 2.94 bits per heavy atom. The zero-order valence-corrected chi connectivity index (χ0v) is 10.7. The number of nitrogens with one attached hydrogen (secondary N) is 1. The van der Waals surface area contributed by atoms with E-state index in [0.29, 0.717) is 5.82 Å². The van der Waals surface area contributed by atoms with Crippen molar-refractivity contribution in [2.45, 2.75) is 13.5 Å². The quantitative estimate of drug-likeness (QED) is 0.937. The van der Waals surface area contributed by atoms with Gasteiger partial charge in [0.2, 0.25) is 0 Å². The molecule has 1 N–H and O–H groups in total. The van der Waals surface area contributed by atoms with E-state index >= 15 is 0 Å². The number of anilines is 1. The summed E-state index contributed by atoms with van der Waals surface area (Å²) in [6.07, 6.45) is 5.28. The lowest BCUT2D eigenvalue weighted by molar-refractivity contribution is 0.763. The Labute approximate surface area is 102 Å². The molecular weight excluding hydrogens is 270 g/mol. The maximum absolute atomic E-state index is 4.41. The first-order valence-electron chi connectivity index (χ1n) is 4.97. The predicted molar refractivity (Wildman–Crippen MR) is 66.2 cm³/mol. The fourth-order valence-corrected chi connectivity index (χ4v) is 1.81. The number of rotatable bonds is 3. The van der Waals surface area contributed by atoms with E-state index in [2.05, 4.69) is 43.1 Å². The largest absolute Gasteiger partial charge is 0.372 e. The fourth-order valence-electron chi connectivity index (χ4n) is 1.42. The number of nitrogens with zero attached hydrogens (tertiary/aromatic N) is 4. The Morgan fingerprint density at radius 2 is 2.25 bits per heavy atom. The molecule has 0 saturated heterocycles. The minimum atomic E-state index is 0.673. The van der Waals surface area contributed by atoms with Gasteiger partial charge in [0, 0.05) is 19.8 Å². The maximum Gasteiger partial charge on any atom is 0.179 e. The molecule has 0 unspecified atom stereocenters. The van der Waals surface area contributed by atoms with Crippen molar-refractivity contribution in [3.05, 3.63) is 23.2 Å². The first kappa shape index (κ1) is 11.1. The summed E-state index contributed by atoms with van der Waals surface area (Å²) in [6.45, 7) is 2.91. The van der Waals surface area contributed by atoms with Crippen molar-refractivity contribution in [1.29, 1.82) is 0 Å². The molecule has 2 heterocycles. The molecule has 2 aromatic heterocycles. The average Bonchev–Trinajstić information content (AvgIpc) is 2.78. The predicted octanol–water partition coefficient (Wildman–Crippen LogP) is 2.16. The summed E-state index contributed by atoms with van der Waals surface area (Å²) in [5.74, 6) is 1.45. The molecule has 0 fully saturated rings. The number of hydrogen-bond donors (Lipinski definition) is 1. The molecule has 0 radical (unpaired) electrons. The minimum Gasteiger partial charge on any atom is -0.372 e. The summed E-state index contributed by atoms with van der Waals surface area (Å²) in [6, 6.07) is 0. The molecule has 0 aliphatic carbocycles. The molecule has 2 aromatic rings. The third-order valence-corrected chi connectivity index (χ3v) is 2.84. The Balaban J connectivity index is 2.48. The van der Waals surface area contributed by atoms with Crippen LogP contribution in [0, 0.1) is 0 Å². The van der Waals surface area contributed by atoms with Crippen molar-refractivity contribution < 1.29 is 0 Å². The van der Waals surface area contributed by atoms with Crippen LogP contribution < -0.4 is 5.32 Å². The maximum atomic E-state index is 4.41. The Kier molecular flexibility index (Phi) is 3.19. The highest BCUT2D eigenvalue weighted by Crippen LogP contribution is 2.22. The molecule has 0 aromatic carbocycles. The number of imidazole rings is 1. The van der Waals surface area contributed by atoms with Crippen LogP contribution in [0.15, 0.2) is 23.2 Å². The van der Waals surface area contributed by atoms with Gasteiger partial charge >= 0.3 is 0 Å². The molecule has 0 bridgehead atoms. The van der Waals surface area contributed by atoms with Crippen LogP contribution >= 0.6 is 15.9 Å². The molecular formula is C10H12BrN5. The molecule has 6 heteroatoms. The van der Waals surface area contributed by atoms with Gasteiger partial charge in [-0.1, -0.05) is 0 Å². The summed E-state index contributed by atoms with van der Waals surface area (Å²) < 4.78 is 2.85. The Hall–Kier alpha value is -1.43. The highest BCUT2D eigenvalue weighted by Gasteiger charge is 2.09. The molecule has 84 valence electrons. The van der Waals surface area contributed by atoms with Crippen molar-refractivity contribution in [1.82, 2.24) is 19.5 Å². The van der Waals surface area contributed by atoms with Crippen molar-refractivity contribution in [2.24, 2.45) is 0 Å². The highest BCUT2D eigenvalue weighted by molar-refractivity contribution is 9.10. The lowest BCUT2D eigenvalue weighted by atomic mass is 10.4. The van der Waals surface area contributed by atoms with Gasteiger partial charge in [-0.15, -0.1) is 0 Å². The van der Waals surface area contributed by atoms with Gasteiger partial charge in [-0.25, -0.2) is 15.0 Å². The zero-order chi connectivity index (χ0) is 11.5. The summed E-state index contributed by atoms with van der Waals surface area (Å²) in [4.78, 5) is 12.8. The number of hydrogen-bond acceptors (Lipinski definition) is 4. The third kappa shape index (κ3) is 1.92. The number of aryl methyl sites for hydroxylation is 1. The second kappa shape index (κ2) is 4.61. The van der Waals surface area contributed by atoms with E-state index in [1.165, 1.54) is 0 Å². The van der Waals surface area contributed by atoms with E-state index in [1.54, 1.807) is 18.7 Å². The first-order chi connectivity index (χ1) is 7.76. The normalized spacial score (nSPS) is 10.4. The lowest BCUT2D eigenvalue weighted by Gasteiger charge is -2.06. The number of halogens is 1. The van der Waals surface area contributed by atoms with E-state index in [4.69, 9.17) is 0 Å². The molecule has 0 aliphatic rings. The number of aromatic nitrogens is 4. The van der Waals surface area contributed by atoms with Crippen LogP contribution in [0.4, 0.5) is 5.82 Å². The van der Waals surface area contributed by atoms with E-state index in [0.717, 1.165) is 22.5 Å². The monoisotopic (exact) mass is 281 g/mol. The van der Waals surface area contributed by atoms with Crippen LogP contribution in [0.5, 0.6) is 0 Å². The molecule has 0 spiro atoms. The van der Waals surface area contributed by atoms with Crippen LogP contribution in [0.2, 0.25) is 0 Å². The fraction of sp³-hybridized carbons (Fsp3) is 0.300. The third-order valence-electron chi connectivity index (χ3n) is 2.26. The zero-order valence-electron chi connectivity index (χ0n) is 9.11. The van der Waals surface area contributed by atoms with Gasteiger partial charge in [0.05, 0.1) is 17.0 Å². The second-order valence-corrected chi connectivity index (χ2v) is 4.06. The molecule has 2 rings (SSSR count). The SMILES string of the molecule is CCn1cncc1-c1ncc(Br)c(NC)n1. The van der Waals surface area contributed by atoms with Gasteiger partial charge < -0.3 is 9.88 Å². The minimum absolute atomic E-state index is 0.673. The Bertz CT molecular complexity index is 494. The van der Waals surface area contributed by atoms with E-state index in [1.807, 2.05) is 11.6 Å². The van der Waals surface area contributed by atoms with Gasteiger partial charge in [0.15, 0.2) is 5.82 Å². The van der Waals surface area contributed by atoms with Crippen LogP contribution in [0.25, 0.3) is 11.5 Å². The molecule has 0 atom stereocenters. The highest BCUT2D eigenvalue weighted by atomic mass is 79.9. The van der Waals surface area contributed by atoms with Crippen molar-refractivity contribution in [2.75, 3.05) is 12.4 Å². The summed E-state index contributed by atoms with van der Waals surface area (Å²) in [7, 11) is 1.83. The van der Waals surface area contributed by atoms with Crippen LogP contribution in [0.3, 0.4) is 0 Å². The topological polar surface area (TPSA) is 55.6 Å². The van der Waals surface area contributed by atoms with Gasteiger partial charge in [0.25, 0.3) is 0 Å². The van der Waals surface area contributed by atoms with E-state index < -0.39 is 0 Å². The van der Waals surface area contributed by atoms with Crippen LogP contribution in [-0.4, -0.2) is 26.6 Å². The van der Waals surface area contributed by atoms with Crippen molar-refractivity contribution in [3.63, 3.8) is 0 Å². The average molecular weight is 282 g/mol. The molecule has 0 aliphatic heterocycles. The smallest absolute Gasteiger partial charge is 0.179 e. The summed E-state index contributed by atoms with van der Waals surface area (Å²) >= 11 is 3.38. The van der Waals surface area contributed by atoms with Gasteiger partial charge in [-0.05, 0) is 22.9 Å². The van der Waals surface area contributed by atoms with Crippen LogP contribution in [-0.2, 0) is 6.54 Å². The lowest BCUT2D eigenvalue weighted by Crippen LogP contribution is -2.01. The van der Waals surface area contributed by atoms with Crippen molar-refractivity contribution in [3.8, 4) is 11.5 Å². The van der Waals surface area contributed by atoms with E-state index in [9.17, 15) is 0 Å². The Morgan fingerprint density at radius 1 is 1.44 bits per heavy atom. The molecule has 0 amide bonds. The molecule has 16 heavy (non-hydrogen) atoms. The van der Waals surface area contributed by atoms with Crippen molar-refractivity contribution >= 4 is 21.7 Å². The first-order valence-corrected chi connectivity index (χ1v) is 5.76. The van der Waals surface area contributed by atoms with Gasteiger partial charge in [-0.3, -0.25) is 0 Å². The van der Waals surface area contributed by atoms with E-state index in [-0.39, 0.29) is 0 Å². The van der Waals surface area contributed by atoms with Gasteiger partial charge in [0.1, 0.15) is 11.5 Å². The molecule has 0 saturated carbocycles. The standard InChI is InChI=1S/C10H12BrN5/c1-3-16-6-13-5-8(16)10-14-4-7(11)9(12-2)15-10/h4-6H,3H2,1-2H3,(H,12,14,15). The van der Waals surface area contributed by atoms with Crippen LogP contribution in [0.1, 0.15) is 6.92 Å². The van der Waals surface area contributed by atoms with Gasteiger partial charge in [-0.2, -0.15) is 0 Å².